The Morgan fingerprint density at radius 2 is 1.00 bits per heavy atom. The second-order valence-corrected chi connectivity index (χ2v) is 8.62. The molecule has 0 aliphatic rings. The van der Waals surface area contributed by atoms with E-state index in [1.807, 2.05) is 42.5 Å². The first kappa shape index (κ1) is 25.0. The van der Waals surface area contributed by atoms with Crippen molar-refractivity contribution in [2.75, 3.05) is 21.3 Å². The van der Waals surface area contributed by atoms with Crippen LogP contribution in [-0.4, -0.2) is 26.4 Å². The molecule has 0 atom stereocenters. The third-order valence-electron chi connectivity index (χ3n) is 6.13. The predicted octanol–water partition coefficient (Wildman–Crippen LogP) is 6.78. The Kier molecular flexibility index (Phi) is 8.35. The molecule has 5 heteroatoms. The van der Waals surface area contributed by atoms with Crippen molar-refractivity contribution in [2.45, 2.75) is 25.7 Å². The maximum Gasteiger partial charge on any atom is 0.169 e. The largest absolute Gasteiger partial charge is 0.508 e. The molecule has 0 saturated carbocycles. The van der Waals surface area contributed by atoms with Gasteiger partial charge in [-0.05, 0) is 96.5 Å². The highest BCUT2D eigenvalue weighted by molar-refractivity contribution is 5.47. The van der Waals surface area contributed by atoms with Crippen LogP contribution in [0.15, 0.2) is 84.9 Å². The maximum atomic E-state index is 10.3. The van der Waals surface area contributed by atoms with Crippen LogP contribution in [0, 0.1) is 0 Å². The van der Waals surface area contributed by atoms with Gasteiger partial charge in [0.2, 0.25) is 0 Å². The fraction of sp³-hybridized carbons (Fsp3) is 0.226. The minimum atomic E-state index is 0.173. The standard InChI is InChI=1S/C31H32O5/c1-33-27-13-8-22(9-14-27)4-6-24-12-17-30(35-3)31(20-24)36-29-19-25(18-26(32)21-29)7-5-23-10-15-28(34-2)16-11-23/h8-21,32H,4-7H2,1-3H3. The summed E-state index contributed by atoms with van der Waals surface area (Å²) in [6, 6.07) is 27.5. The zero-order valence-electron chi connectivity index (χ0n) is 21.0. The van der Waals surface area contributed by atoms with Gasteiger partial charge in [0.05, 0.1) is 21.3 Å². The lowest BCUT2D eigenvalue weighted by Gasteiger charge is -2.14. The predicted molar refractivity (Wildman–Crippen MR) is 142 cm³/mol. The highest BCUT2D eigenvalue weighted by Crippen LogP contribution is 2.35. The second kappa shape index (κ2) is 12.0. The van der Waals surface area contributed by atoms with Crippen molar-refractivity contribution in [3.63, 3.8) is 0 Å². The Labute approximate surface area is 212 Å². The molecule has 0 amide bonds. The second-order valence-electron chi connectivity index (χ2n) is 8.62. The molecule has 0 saturated heterocycles. The molecule has 4 aromatic carbocycles. The Morgan fingerprint density at radius 3 is 1.56 bits per heavy atom. The molecule has 0 spiro atoms. The fourth-order valence-electron chi connectivity index (χ4n) is 4.09. The topological polar surface area (TPSA) is 57.2 Å². The molecule has 0 bridgehead atoms. The van der Waals surface area contributed by atoms with Crippen LogP contribution in [0.3, 0.4) is 0 Å². The molecule has 1 N–H and O–H groups in total. The molecule has 0 heterocycles. The quantitative estimate of drug-likeness (QED) is 0.254. The van der Waals surface area contributed by atoms with Crippen molar-refractivity contribution >= 4 is 0 Å². The van der Waals surface area contributed by atoms with Gasteiger partial charge in [0.25, 0.3) is 0 Å². The summed E-state index contributed by atoms with van der Waals surface area (Å²) in [7, 11) is 4.96. The van der Waals surface area contributed by atoms with Gasteiger partial charge in [-0.1, -0.05) is 30.3 Å². The van der Waals surface area contributed by atoms with E-state index in [0.29, 0.717) is 17.2 Å². The Balaban J connectivity index is 1.45. The molecular formula is C31H32O5. The van der Waals surface area contributed by atoms with Crippen molar-refractivity contribution in [3.05, 3.63) is 107 Å². The minimum Gasteiger partial charge on any atom is -0.508 e. The molecule has 0 aromatic heterocycles. The van der Waals surface area contributed by atoms with Crippen LogP contribution < -0.4 is 18.9 Å². The van der Waals surface area contributed by atoms with E-state index >= 15 is 0 Å². The molecule has 0 aliphatic heterocycles. The van der Waals surface area contributed by atoms with Crippen molar-refractivity contribution in [3.8, 4) is 34.5 Å². The number of aryl methyl sites for hydroxylation is 4. The molecule has 36 heavy (non-hydrogen) atoms. The Hall–Kier alpha value is -4.12. The summed E-state index contributed by atoms with van der Waals surface area (Å²) in [5.74, 6) is 3.71. The third-order valence-corrected chi connectivity index (χ3v) is 6.13. The first-order valence-corrected chi connectivity index (χ1v) is 12.0. The lowest BCUT2D eigenvalue weighted by molar-refractivity contribution is 0.377. The molecule has 0 radical (unpaired) electrons. The van der Waals surface area contributed by atoms with Gasteiger partial charge in [-0.2, -0.15) is 0 Å². The molecule has 0 fully saturated rings. The fourth-order valence-corrected chi connectivity index (χ4v) is 4.09. The van der Waals surface area contributed by atoms with Gasteiger partial charge < -0.3 is 24.1 Å². The van der Waals surface area contributed by atoms with Crippen LogP contribution in [-0.2, 0) is 25.7 Å². The van der Waals surface area contributed by atoms with Crippen molar-refractivity contribution in [1.82, 2.24) is 0 Å². The van der Waals surface area contributed by atoms with E-state index in [9.17, 15) is 5.11 Å². The number of methoxy groups -OCH3 is 3. The van der Waals surface area contributed by atoms with Crippen molar-refractivity contribution < 1.29 is 24.1 Å². The number of phenols is 1. The number of hydrogen-bond acceptors (Lipinski definition) is 5. The van der Waals surface area contributed by atoms with Crippen LogP contribution in [0.25, 0.3) is 0 Å². The molecule has 5 nitrogen and oxygen atoms in total. The van der Waals surface area contributed by atoms with Gasteiger partial charge in [0, 0.05) is 6.07 Å². The van der Waals surface area contributed by atoms with Gasteiger partial charge in [-0.3, -0.25) is 0 Å². The Morgan fingerprint density at radius 1 is 0.472 bits per heavy atom. The average molecular weight is 485 g/mol. The number of aromatic hydroxyl groups is 1. The van der Waals surface area contributed by atoms with Crippen LogP contribution in [0.5, 0.6) is 34.5 Å². The summed E-state index contributed by atoms with van der Waals surface area (Å²) in [4.78, 5) is 0. The van der Waals surface area contributed by atoms with Gasteiger partial charge in [-0.25, -0.2) is 0 Å². The van der Waals surface area contributed by atoms with Crippen LogP contribution in [0.2, 0.25) is 0 Å². The Bertz CT molecular complexity index is 1260. The number of benzene rings is 4. The molecule has 0 unspecified atom stereocenters. The van der Waals surface area contributed by atoms with Gasteiger partial charge in [0.15, 0.2) is 11.5 Å². The lowest BCUT2D eigenvalue weighted by Crippen LogP contribution is -1.96. The van der Waals surface area contributed by atoms with Gasteiger partial charge >= 0.3 is 0 Å². The third kappa shape index (κ3) is 6.72. The number of ether oxygens (including phenoxy) is 4. The first-order valence-electron chi connectivity index (χ1n) is 12.0. The number of phenolic OH excluding ortho intramolecular Hbond substituents is 1. The van der Waals surface area contributed by atoms with E-state index < -0.39 is 0 Å². The van der Waals surface area contributed by atoms with Crippen LogP contribution in [0.1, 0.15) is 22.3 Å². The van der Waals surface area contributed by atoms with Gasteiger partial charge in [0.1, 0.15) is 23.0 Å². The lowest BCUT2D eigenvalue weighted by atomic mass is 10.0. The zero-order chi connectivity index (χ0) is 25.3. The van der Waals surface area contributed by atoms with Crippen LogP contribution in [0.4, 0.5) is 0 Å². The maximum absolute atomic E-state index is 10.3. The molecular weight excluding hydrogens is 452 g/mol. The summed E-state index contributed by atoms with van der Waals surface area (Å²) < 4.78 is 22.2. The summed E-state index contributed by atoms with van der Waals surface area (Å²) in [6.07, 6.45) is 3.38. The number of rotatable bonds is 11. The van der Waals surface area contributed by atoms with Crippen molar-refractivity contribution in [1.29, 1.82) is 0 Å². The van der Waals surface area contributed by atoms with E-state index in [4.69, 9.17) is 18.9 Å². The van der Waals surface area contributed by atoms with Gasteiger partial charge in [-0.15, -0.1) is 0 Å². The van der Waals surface area contributed by atoms with E-state index in [2.05, 4.69) is 30.3 Å². The smallest absolute Gasteiger partial charge is 0.169 e. The van der Waals surface area contributed by atoms with E-state index in [1.54, 1.807) is 33.5 Å². The minimum absolute atomic E-state index is 0.173. The summed E-state index contributed by atoms with van der Waals surface area (Å²) >= 11 is 0. The van der Waals surface area contributed by atoms with Crippen LogP contribution >= 0.6 is 0 Å². The number of hydrogen-bond donors (Lipinski definition) is 1. The van der Waals surface area contributed by atoms with E-state index in [1.165, 1.54) is 11.1 Å². The summed E-state index contributed by atoms with van der Waals surface area (Å²) in [5.41, 5.74) is 4.58. The molecule has 4 aromatic rings. The normalized spacial score (nSPS) is 10.6. The van der Waals surface area contributed by atoms with E-state index in [-0.39, 0.29) is 5.75 Å². The average Bonchev–Trinajstić information content (AvgIpc) is 2.91. The first-order chi connectivity index (χ1) is 17.6. The van der Waals surface area contributed by atoms with Crippen molar-refractivity contribution in [2.24, 2.45) is 0 Å². The highest BCUT2D eigenvalue weighted by atomic mass is 16.5. The monoisotopic (exact) mass is 484 g/mol. The zero-order valence-corrected chi connectivity index (χ0v) is 21.0. The molecule has 4 rings (SSSR count). The SMILES string of the molecule is COc1ccc(CCc2cc(O)cc(Oc3cc(CCc4ccc(OC)cc4)ccc3OC)c2)cc1. The molecule has 0 aliphatic carbocycles. The summed E-state index contributed by atoms with van der Waals surface area (Å²) in [5, 5.41) is 10.3. The molecule has 186 valence electrons. The summed E-state index contributed by atoms with van der Waals surface area (Å²) in [6.45, 7) is 0. The van der Waals surface area contributed by atoms with E-state index in [0.717, 1.165) is 48.3 Å². The highest BCUT2D eigenvalue weighted by Gasteiger charge is 2.10.